The van der Waals surface area contributed by atoms with Gasteiger partial charge >= 0.3 is 0 Å². The maximum Gasteiger partial charge on any atom is 0.122 e. The summed E-state index contributed by atoms with van der Waals surface area (Å²) < 4.78 is 11.3. The van der Waals surface area contributed by atoms with Crippen molar-refractivity contribution in [1.29, 1.82) is 0 Å². The highest BCUT2D eigenvalue weighted by Gasteiger charge is 2.24. The quantitative estimate of drug-likeness (QED) is 0.881. The normalized spacial score (nSPS) is 19.0. The number of nitrogens with one attached hydrogen (secondary N) is 1. The Morgan fingerprint density at radius 3 is 2.88 bits per heavy atom. The van der Waals surface area contributed by atoms with Crippen LogP contribution in [0.25, 0.3) is 0 Å². The maximum atomic E-state index is 5.71. The van der Waals surface area contributed by atoms with Crippen LogP contribution in [0.5, 0.6) is 5.75 Å². The van der Waals surface area contributed by atoms with E-state index in [9.17, 15) is 0 Å². The molecule has 4 rings (SSSR count). The van der Waals surface area contributed by atoms with Gasteiger partial charge in [0.05, 0.1) is 18.9 Å². The number of fused-ring (bicyclic) bond motifs is 1. The molecule has 0 radical (unpaired) electrons. The summed E-state index contributed by atoms with van der Waals surface area (Å²) in [6, 6.07) is 11.0. The highest BCUT2D eigenvalue weighted by atomic mass is 16.5. The molecule has 3 heterocycles. The van der Waals surface area contributed by atoms with Gasteiger partial charge in [0.25, 0.3) is 0 Å². The van der Waals surface area contributed by atoms with Crippen LogP contribution < -0.4 is 10.1 Å². The fourth-order valence-electron chi connectivity index (χ4n) is 3.82. The minimum atomic E-state index is 0.332. The van der Waals surface area contributed by atoms with Gasteiger partial charge in [-0.1, -0.05) is 18.6 Å². The Balaban J connectivity index is 1.38. The molecule has 0 saturated carbocycles. The van der Waals surface area contributed by atoms with Gasteiger partial charge in [-0.05, 0) is 55.3 Å². The van der Waals surface area contributed by atoms with Crippen LogP contribution in [-0.2, 0) is 13.0 Å². The molecule has 24 heavy (non-hydrogen) atoms. The molecule has 1 N–H and O–H groups in total. The molecule has 128 valence electrons. The Morgan fingerprint density at radius 1 is 1.12 bits per heavy atom. The lowest BCUT2D eigenvalue weighted by Gasteiger charge is -2.33. The minimum Gasteiger partial charge on any atom is -0.493 e. The molecule has 4 nitrogen and oxygen atoms in total. The van der Waals surface area contributed by atoms with Crippen LogP contribution in [0.3, 0.4) is 0 Å². The molecule has 1 atom stereocenters. The average Bonchev–Trinajstić information content (AvgIpc) is 3.30. The third-order valence-electron chi connectivity index (χ3n) is 5.12. The number of furan rings is 1. The predicted molar refractivity (Wildman–Crippen MR) is 94.2 cm³/mol. The highest BCUT2D eigenvalue weighted by molar-refractivity contribution is 5.39. The molecular weight excluding hydrogens is 300 g/mol. The van der Waals surface area contributed by atoms with Gasteiger partial charge in [-0.3, -0.25) is 4.90 Å². The number of nitrogens with zero attached hydrogens (tertiary/aromatic N) is 1. The zero-order chi connectivity index (χ0) is 16.2. The zero-order valence-electron chi connectivity index (χ0n) is 14.2. The van der Waals surface area contributed by atoms with E-state index < -0.39 is 0 Å². The highest BCUT2D eigenvalue weighted by Crippen LogP contribution is 2.27. The van der Waals surface area contributed by atoms with E-state index in [2.05, 4.69) is 34.5 Å². The fraction of sp³-hybridized carbons (Fsp3) is 0.500. The second-order valence-corrected chi connectivity index (χ2v) is 6.80. The zero-order valence-corrected chi connectivity index (χ0v) is 14.2. The topological polar surface area (TPSA) is 37.6 Å². The first kappa shape index (κ1) is 15.7. The molecule has 1 aromatic carbocycles. The van der Waals surface area contributed by atoms with Gasteiger partial charge in [0, 0.05) is 19.5 Å². The van der Waals surface area contributed by atoms with E-state index in [-0.39, 0.29) is 0 Å². The first-order chi connectivity index (χ1) is 11.9. The van der Waals surface area contributed by atoms with Crippen LogP contribution >= 0.6 is 0 Å². The molecule has 1 aromatic heterocycles. The molecule has 0 aliphatic carbocycles. The summed E-state index contributed by atoms with van der Waals surface area (Å²) in [5.41, 5.74) is 2.67. The Labute approximate surface area is 143 Å². The van der Waals surface area contributed by atoms with E-state index in [4.69, 9.17) is 9.15 Å². The maximum absolute atomic E-state index is 5.71. The lowest BCUT2D eigenvalue weighted by molar-refractivity contribution is 0.142. The van der Waals surface area contributed by atoms with Crippen molar-refractivity contribution in [2.45, 2.75) is 38.3 Å². The lowest BCUT2D eigenvalue weighted by atomic mass is 10.1. The first-order valence-electron chi connectivity index (χ1n) is 9.13. The molecule has 2 aliphatic heterocycles. The van der Waals surface area contributed by atoms with E-state index in [1.165, 1.54) is 43.5 Å². The number of rotatable bonds is 6. The van der Waals surface area contributed by atoms with Crippen LogP contribution in [0, 0.1) is 0 Å². The van der Waals surface area contributed by atoms with Crippen molar-refractivity contribution in [1.82, 2.24) is 10.2 Å². The molecule has 2 aliphatic rings. The molecule has 0 amide bonds. The van der Waals surface area contributed by atoms with Gasteiger partial charge < -0.3 is 14.5 Å². The first-order valence-corrected chi connectivity index (χ1v) is 9.13. The van der Waals surface area contributed by atoms with Crippen molar-refractivity contribution in [3.8, 4) is 5.75 Å². The Bertz CT molecular complexity index is 648. The largest absolute Gasteiger partial charge is 0.493 e. The smallest absolute Gasteiger partial charge is 0.122 e. The summed E-state index contributed by atoms with van der Waals surface area (Å²) in [6.07, 6.45) is 6.76. The predicted octanol–water partition coefficient (Wildman–Crippen LogP) is 3.53. The van der Waals surface area contributed by atoms with Gasteiger partial charge in [-0.2, -0.15) is 0 Å². The van der Waals surface area contributed by atoms with E-state index in [0.29, 0.717) is 6.04 Å². The molecule has 0 spiro atoms. The van der Waals surface area contributed by atoms with Crippen molar-refractivity contribution < 1.29 is 9.15 Å². The van der Waals surface area contributed by atoms with E-state index in [1.54, 1.807) is 6.26 Å². The number of hydrogen-bond donors (Lipinski definition) is 1. The average molecular weight is 326 g/mol. The number of hydrogen-bond acceptors (Lipinski definition) is 4. The third kappa shape index (κ3) is 3.50. The van der Waals surface area contributed by atoms with Crippen molar-refractivity contribution in [3.05, 3.63) is 53.5 Å². The van der Waals surface area contributed by atoms with Crippen molar-refractivity contribution >= 4 is 0 Å². The van der Waals surface area contributed by atoms with Gasteiger partial charge in [-0.15, -0.1) is 0 Å². The molecule has 1 fully saturated rings. The number of likely N-dealkylation sites (tertiary alicyclic amines) is 1. The van der Waals surface area contributed by atoms with E-state index in [1.807, 2.05) is 6.07 Å². The van der Waals surface area contributed by atoms with Crippen LogP contribution in [0.1, 0.15) is 42.2 Å². The van der Waals surface area contributed by atoms with Crippen LogP contribution in [0.15, 0.2) is 41.0 Å². The Kier molecular flexibility index (Phi) is 4.86. The van der Waals surface area contributed by atoms with Crippen molar-refractivity contribution in [3.63, 3.8) is 0 Å². The second-order valence-electron chi connectivity index (χ2n) is 6.80. The van der Waals surface area contributed by atoms with Crippen molar-refractivity contribution in [2.24, 2.45) is 0 Å². The van der Waals surface area contributed by atoms with Gasteiger partial charge in [0.2, 0.25) is 0 Å². The van der Waals surface area contributed by atoms with Gasteiger partial charge in [0.1, 0.15) is 11.5 Å². The Morgan fingerprint density at radius 2 is 2.04 bits per heavy atom. The van der Waals surface area contributed by atoms with Gasteiger partial charge in [0.15, 0.2) is 0 Å². The summed E-state index contributed by atoms with van der Waals surface area (Å²) in [4.78, 5) is 2.56. The summed E-state index contributed by atoms with van der Waals surface area (Å²) in [6.45, 7) is 4.97. The van der Waals surface area contributed by atoms with E-state index >= 15 is 0 Å². The molecule has 1 unspecified atom stereocenters. The molecule has 1 saturated heterocycles. The second kappa shape index (κ2) is 7.41. The third-order valence-corrected chi connectivity index (χ3v) is 5.12. The Hall–Kier alpha value is -1.78. The number of ether oxygens (including phenoxy) is 1. The molecule has 4 heteroatoms. The van der Waals surface area contributed by atoms with Crippen molar-refractivity contribution in [2.75, 3.05) is 26.2 Å². The summed E-state index contributed by atoms with van der Waals surface area (Å²) in [5.74, 6) is 2.13. The molecular formula is C20H26N2O2. The van der Waals surface area contributed by atoms with Crippen LogP contribution in [0.4, 0.5) is 0 Å². The van der Waals surface area contributed by atoms with Crippen LogP contribution in [0.2, 0.25) is 0 Å². The fourth-order valence-corrected chi connectivity index (χ4v) is 3.82. The summed E-state index contributed by atoms with van der Waals surface area (Å²) in [5, 5.41) is 3.64. The standard InChI is InChI=1S/C20H26N2O2/c1-2-9-22(10-3-1)18(20-5-4-11-23-20)15-21-14-16-6-7-19-17(13-16)8-12-24-19/h4-7,11,13,18,21H,1-3,8-10,12,14-15H2. The molecule has 0 bridgehead atoms. The van der Waals surface area contributed by atoms with E-state index in [0.717, 1.165) is 37.6 Å². The summed E-state index contributed by atoms with van der Waals surface area (Å²) >= 11 is 0. The number of benzene rings is 1. The lowest BCUT2D eigenvalue weighted by Crippen LogP contribution is -2.38. The number of piperidine rings is 1. The monoisotopic (exact) mass is 326 g/mol. The molecule has 2 aromatic rings. The summed E-state index contributed by atoms with van der Waals surface area (Å²) in [7, 11) is 0. The minimum absolute atomic E-state index is 0.332. The van der Waals surface area contributed by atoms with Crippen LogP contribution in [-0.4, -0.2) is 31.1 Å². The van der Waals surface area contributed by atoms with Gasteiger partial charge in [-0.25, -0.2) is 0 Å². The SMILES string of the molecule is c1coc(C(CNCc2ccc3c(c2)CCO3)N2CCCCC2)c1.